The number of carbonyl (C=O) groups excluding carboxylic acids is 1. The van der Waals surface area contributed by atoms with Gasteiger partial charge in [-0.2, -0.15) is 10.2 Å². The van der Waals surface area contributed by atoms with Gasteiger partial charge in [0.1, 0.15) is 5.65 Å². The molecule has 210 valence electrons. The summed E-state index contributed by atoms with van der Waals surface area (Å²) in [7, 11) is 0. The van der Waals surface area contributed by atoms with E-state index in [1.807, 2.05) is 95.9 Å². The highest BCUT2D eigenvalue weighted by Crippen LogP contribution is 2.28. The maximum absolute atomic E-state index is 14.3. The van der Waals surface area contributed by atoms with Crippen molar-refractivity contribution in [3.05, 3.63) is 109 Å². The second-order valence-electron chi connectivity index (χ2n) is 11.5. The first-order valence-corrected chi connectivity index (χ1v) is 14.7. The molecule has 1 atom stereocenters. The van der Waals surface area contributed by atoms with Gasteiger partial charge in [-0.15, -0.1) is 0 Å². The quantitative estimate of drug-likeness (QED) is 0.250. The summed E-state index contributed by atoms with van der Waals surface area (Å²) in [5.74, 6) is 0.335. The maximum Gasteiger partial charge on any atom is 0.261 e. The van der Waals surface area contributed by atoms with Crippen molar-refractivity contribution in [2.45, 2.75) is 60.0 Å². The van der Waals surface area contributed by atoms with Gasteiger partial charge in [-0.3, -0.25) is 14.2 Å². The zero-order chi connectivity index (χ0) is 29.0. The number of halogens is 1. The highest BCUT2D eigenvalue weighted by Gasteiger charge is 2.33. The number of nitrogens with zero attached hydrogens (tertiary/aromatic N) is 6. The number of fused-ring (bicyclic) bond motifs is 3. The number of carbonyl (C=O) groups is 1. The lowest BCUT2D eigenvalue weighted by Gasteiger charge is -2.35. The standard InChI is InChI=1S/C32H33BrN6O2/c1-19(2)12-24-16-35-39-29-18-36(31(40)23-6-11-28(33)21(4)13-23)22(5)14-27(29)32(41)38(30(24)39)26-9-7-25(8-10-26)37-17-20(3)15-34-37/h6-11,13,15-17,19,22H,12,14,18H2,1-5H3/t22-/m1/s1. The maximum atomic E-state index is 14.3. The van der Waals surface area contributed by atoms with E-state index in [0.29, 0.717) is 30.0 Å². The first-order chi connectivity index (χ1) is 19.6. The van der Waals surface area contributed by atoms with E-state index in [1.54, 1.807) is 4.57 Å². The number of hydrogen-bond donors (Lipinski definition) is 0. The Labute approximate surface area is 247 Å². The summed E-state index contributed by atoms with van der Waals surface area (Å²) >= 11 is 3.53. The van der Waals surface area contributed by atoms with Crippen molar-refractivity contribution in [1.29, 1.82) is 0 Å². The second kappa shape index (κ2) is 10.4. The first kappa shape index (κ1) is 27.2. The van der Waals surface area contributed by atoms with E-state index in [-0.39, 0.29) is 17.5 Å². The topological polar surface area (TPSA) is 77.4 Å². The Bertz CT molecular complexity index is 1850. The molecule has 0 N–H and O–H groups in total. The Hall–Kier alpha value is -3.98. The van der Waals surface area contributed by atoms with Crippen molar-refractivity contribution in [2.24, 2.45) is 5.92 Å². The average molecular weight is 614 g/mol. The summed E-state index contributed by atoms with van der Waals surface area (Å²) in [6, 6.07) is 13.4. The normalized spacial score (nSPS) is 15.1. The summed E-state index contributed by atoms with van der Waals surface area (Å²) in [6.07, 6.45) is 6.90. The molecule has 6 rings (SSSR count). The number of aryl methyl sites for hydroxylation is 2. The van der Waals surface area contributed by atoms with Crippen molar-refractivity contribution in [3.63, 3.8) is 0 Å². The molecule has 3 aromatic heterocycles. The molecule has 1 amide bonds. The van der Waals surface area contributed by atoms with Crippen LogP contribution in [0.25, 0.3) is 17.0 Å². The summed E-state index contributed by atoms with van der Waals surface area (Å²) in [5.41, 5.74) is 7.60. The van der Waals surface area contributed by atoms with E-state index in [4.69, 9.17) is 5.10 Å². The molecule has 0 saturated heterocycles. The number of aromatic nitrogens is 5. The van der Waals surface area contributed by atoms with E-state index in [0.717, 1.165) is 50.3 Å². The predicted octanol–water partition coefficient (Wildman–Crippen LogP) is 5.84. The molecule has 2 aromatic carbocycles. The Morgan fingerprint density at radius 1 is 1.05 bits per heavy atom. The zero-order valence-corrected chi connectivity index (χ0v) is 25.5. The van der Waals surface area contributed by atoms with E-state index >= 15 is 0 Å². The van der Waals surface area contributed by atoms with Gasteiger partial charge >= 0.3 is 0 Å². The predicted molar refractivity (Wildman–Crippen MR) is 163 cm³/mol. The minimum Gasteiger partial charge on any atom is -0.330 e. The number of benzene rings is 2. The van der Waals surface area contributed by atoms with Crippen molar-refractivity contribution in [3.8, 4) is 11.4 Å². The minimum absolute atomic E-state index is 0.0462. The molecule has 0 fully saturated rings. The van der Waals surface area contributed by atoms with Gasteiger partial charge in [0.25, 0.3) is 11.5 Å². The van der Waals surface area contributed by atoms with Crippen LogP contribution in [0.4, 0.5) is 0 Å². The molecule has 0 aliphatic carbocycles. The third kappa shape index (κ3) is 4.82. The van der Waals surface area contributed by atoms with Gasteiger partial charge in [-0.25, -0.2) is 9.20 Å². The Morgan fingerprint density at radius 2 is 1.78 bits per heavy atom. The third-order valence-corrected chi connectivity index (χ3v) is 8.71. The Balaban J connectivity index is 1.48. The molecule has 41 heavy (non-hydrogen) atoms. The molecule has 9 heteroatoms. The van der Waals surface area contributed by atoms with Crippen LogP contribution >= 0.6 is 15.9 Å². The number of hydrogen-bond acceptors (Lipinski definition) is 4. The van der Waals surface area contributed by atoms with Crippen LogP contribution in [0.5, 0.6) is 0 Å². The van der Waals surface area contributed by atoms with Crippen LogP contribution in [0.1, 0.15) is 59.1 Å². The van der Waals surface area contributed by atoms with Crippen LogP contribution in [0.2, 0.25) is 0 Å². The summed E-state index contributed by atoms with van der Waals surface area (Å²) in [4.78, 5) is 29.8. The van der Waals surface area contributed by atoms with Crippen LogP contribution in [-0.4, -0.2) is 40.8 Å². The SMILES string of the molecule is Cc1cnn(-c2ccc(-n3c(=O)c4c(n5ncc(CC(C)C)c35)CN(C(=O)c3ccc(Br)c(C)c3)[C@H](C)C4)cc2)c1. The summed E-state index contributed by atoms with van der Waals surface area (Å²) < 4.78 is 6.48. The monoisotopic (exact) mass is 612 g/mol. The fourth-order valence-electron chi connectivity index (χ4n) is 5.73. The molecule has 8 nitrogen and oxygen atoms in total. The molecular weight excluding hydrogens is 580 g/mol. The highest BCUT2D eigenvalue weighted by atomic mass is 79.9. The number of rotatable bonds is 5. The summed E-state index contributed by atoms with van der Waals surface area (Å²) in [5, 5.41) is 9.21. The lowest BCUT2D eigenvalue weighted by molar-refractivity contribution is 0.0651. The Kier molecular flexibility index (Phi) is 6.93. The van der Waals surface area contributed by atoms with Gasteiger partial charge in [0.15, 0.2) is 0 Å². The van der Waals surface area contributed by atoms with Crippen LogP contribution in [0.3, 0.4) is 0 Å². The molecule has 1 aliphatic heterocycles. The molecule has 5 aromatic rings. The lowest BCUT2D eigenvalue weighted by atomic mass is 9.97. The molecule has 0 bridgehead atoms. The van der Waals surface area contributed by atoms with Gasteiger partial charge in [0, 0.05) is 33.4 Å². The third-order valence-electron chi connectivity index (χ3n) is 7.82. The highest BCUT2D eigenvalue weighted by molar-refractivity contribution is 9.10. The van der Waals surface area contributed by atoms with E-state index in [9.17, 15) is 9.59 Å². The van der Waals surface area contributed by atoms with Crippen LogP contribution in [0.15, 0.2) is 70.3 Å². The van der Waals surface area contributed by atoms with Crippen molar-refractivity contribution in [2.75, 3.05) is 0 Å². The van der Waals surface area contributed by atoms with Crippen molar-refractivity contribution in [1.82, 2.24) is 28.9 Å². The smallest absolute Gasteiger partial charge is 0.261 e. The van der Waals surface area contributed by atoms with Crippen LogP contribution in [0, 0.1) is 19.8 Å². The molecule has 0 unspecified atom stereocenters. The first-order valence-electron chi connectivity index (χ1n) is 13.9. The van der Waals surface area contributed by atoms with Crippen LogP contribution in [-0.2, 0) is 19.4 Å². The van der Waals surface area contributed by atoms with Crippen molar-refractivity contribution >= 4 is 27.5 Å². The molecule has 0 saturated carbocycles. The fourth-order valence-corrected chi connectivity index (χ4v) is 5.98. The molecule has 0 radical (unpaired) electrons. The van der Waals surface area contributed by atoms with Gasteiger partial charge in [-0.05, 0) is 93.1 Å². The summed E-state index contributed by atoms with van der Waals surface area (Å²) in [6.45, 7) is 10.6. The number of amides is 1. The molecule has 0 spiro atoms. The van der Waals surface area contributed by atoms with E-state index in [2.05, 4.69) is 34.9 Å². The fraction of sp³-hybridized carbons (Fsp3) is 0.312. The minimum atomic E-state index is -0.145. The zero-order valence-electron chi connectivity index (χ0n) is 23.9. The Morgan fingerprint density at radius 3 is 2.44 bits per heavy atom. The molecule has 1 aliphatic rings. The van der Waals surface area contributed by atoms with E-state index < -0.39 is 0 Å². The lowest BCUT2D eigenvalue weighted by Crippen LogP contribution is -2.46. The molecule has 4 heterocycles. The van der Waals surface area contributed by atoms with Gasteiger partial charge in [0.05, 0.1) is 36.0 Å². The van der Waals surface area contributed by atoms with E-state index in [1.165, 1.54) is 0 Å². The van der Waals surface area contributed by atoms with Gasteiger partial charge < -0.3 is 4.90 Å². The van der Waals surface area contributed by atoms with Gasteiger partial charge in [-0.1, -0.05) is 29.8 Å². The van der Waals surface area contributed by atoms with Gasteiger partial charge in [0.2, 0.25) is 0 Å². The van der Waals surface area contributed by atoms with Crippen LogP contribution < -0.4 is 5.56 Å². The molecular formula is C32H33BrN6O2. The second-order valence-corrected chi connectivity index (χ2v) is 12.4. The average Bonchev–Trinajstić information content (AvgIpc) is 3.56. The largest absolute Gasteiger partial charge is 0.330 e. The van der Waals surface area contributed by atoms with Crippen molar-refractivity contribution < 1.29 is 4.79 Å².